The number of allylic oxidation sites excluding steroid dienone is 4. The van der Waals surface area contributed by atoms with Gasteiger partial charge in [0.1, 0.15) is 17.1 Å². The molecule has 1 aliphatic carbocycles. The molecule has 1 aliphatic rings. The summed E-state index contributed by atoms with van der Waals surface area (Å²) in [6.07, 6.45) is 6.03. The van der Waals surface area contributed by atoms with Gasteiger partial charge in [-0.1, -0.05) is 60.8 Å². The lowest BCUT2D eigenvalue weighted by atomic mass is 9.97. The summed E-state index contributed by atoms with van der Waals surface area (Å²) in [5.74, 6) is 0.216. The van der Waals surface area contributed by atoms with E-state index in [2.05, 4.69) is 0 Å². The minimum Gasteiger partial charge on any atom is -0.507 e. The molecule has 0 fully saturated rings. The molecule has 1 aromatic heterocycles. The molecule has 0 aliphatic heterocycles. The van der Waals surface area contributed by atoms with Crippen molar-refractivity contribution in [2.75, 3.05) is 0 Å². The van der Waals surface area contributed by atoms with E-state index in [1.165, 1.54) is 6.07 Å². The van der Waals surface area contributed by atoms with Crippen LogP contribution in [0.1, 0.15) is 12.0 Å². The molecule has 1 heterocycles. The van der Waals surface area contributed by atoms with Gasteiger partial charge in [0, 0.05) is 28.5 Å². The van der Waals surface area contributed by atoms with Gasteiger partial charge in [0.25, 0.3) is 0 Å². The summed E-state index contributed by atoms with van der Waals surface area (Å²) in [5.41, 5.74) is 0.830. The standard InChI is InChI=1S/C17H12O3S/c18-13-10-14(11-6-2-1-3-7-11)20-17(19)16(13)12-8-4-5-9-15(12)21/h1-8,10,18H,9H2. The van der Waals surface area contributed by atoms with E-state index in [-0.39, 0.29) is 11.3 Å². The van der Waals surface area contributed by atoms with Crippen molar-refractivity contribution in [2.45, 2.75) is 6.42 Å². The molecule has 0 spiro atoms. The SMILES string of the molecule is O=c1oc(-c2ccccc2)cc(O)c1C1=CC=CCC1=S. The van der Waals surface area contributed by atoms with E-state index in [1.54, 1.807) is 6.08 Å². The van der Waals surface area contributed by atoms with Gasteiger partial charge in [-0.3, -0.25) is 0 Å². The van der Waals surface area contributed by atoms with Crippen molar-refractivity contribution in [3.8, 4) is 17.1 Å². The summed E-state index contributed by atoms with van der Waals surface area (Å²) in [7, 11) is 0. The average Bonchev–Trinajstić information content (AvgIpc) is 2.49. The lowest BCUT2D eigenvalue weighted by molar-refractivity contribution is 0.450. The average molecular weight is 296 g/mol. The summed E-state index contributed by atoms with van der Waals surface area (Å²) < 4.78 is 5.34. The zero-order valence-corrected chi connectivity index (χ0v) is 11.9. The Hall–Kier alpha value is -2.46. The van der Waals surface area contributed by atoms with E-state index < -0.39 is 5.63 Å². The van der Waals surface area contributed by atoms with E-state index in [9.17, 15) is 9.90 Å². The fourth-order valence-electron chi connectivity index (χ4n) is 2.24. The second-order valence-corrected chi connectivity index (χ2v) is 5.15. The highest BCUT2D eigenvalue weighted by Gasteiger charge is 2.19. The van der Waals surface area contributed by atoms with Crippen LogP contribution in [-0.4, -0.2) is 9.97 Å². The molecule has 21 heavy (non-hydrogen) atoms. The molecule has 0 atom stereocenters. The van der Waals surface area contributed by atoms with Crippen molar-refractivity contribution in [1.82, 2.24) is 0 Å². The Labute approximate surface area is 126 Å². The maximum absolute atomic E-state index is 12.2. The predicted molar refractivity (Wildman–Crippen MR) is 86.4 cm³/mol. The van der Waals surface area contributed by atoms with Gasteiger partial charge >= 0.3 is 5.63 Å². The molecule has 0 bridgehead atoms. The number of aromatic hydroxyl groups is 1. The van der Waals surface area contributed by atoms with Crippen LogP contribution in [0.4, 0.5) is 0 Å². The number of thiocarbonyl (C=S) groups is 1. The molecule has 0 unspecified atom stereocenters. The van der Waals surface area contributed by atoms with Crippen LogP contribution in [0.3, 0.4) is 0 Å². The van der Waals surface area contributed by atoms with Crippen LogP contribution in [0.5, 0.6) is 5.75 Å². The van der Waals surface area contributed by atoms with Gasteiger partial charge in [0.05, 0.1) is 0 Å². The van der Waals surface area contributed by atoms with E-state index in [4.69, 9.17) is 16.6 Å². The summed E-state index contributed by atoms with van der Waals surface area (Å²) in [6, 6.07) is 10.6. The van der Waals surface area contributed by atoms with Gasteiger partial charge in [-0.15, -0.1) is 0 Å². The van der Waals surface area contributed by atoms with Crippen molar-refractivity contribution >= 4 is 22.7 Å². The number of rotatable bonds is 2. The molecular weight excluding hydrogens is 284 g/mol. The smallest absolute Gasteiger partial charge is 0.348 e. The Balaban J connectivity index is 2.14. The van der Waals surface area contributed by atoms with Gasteiger partial charge in [-0.25, -0.2) is 4.79 Å². The number of benzene rings is 1. The Bertz CT molecular complexity index is 814. The lowest BCUT2D eigenvalue weighted by Crippen LogP contribution is -2.12. The molecule has 3 rings (SSSR count). The Kier molecular flexibility index (Phi) is 3.54. The molecule has 0 radical (unpaired) electrons. The van der Waals surface area contributed by atoms with Gasteiger partial charge in [0.2, 0.25) is 0 Å². The molecule has 1 N–H and O–H groups in total. The molecule has 3 nitrogen and oxygen atoms in total. The van der Waals surface area contributed by atoms with Crippen LogP contribution in [0.25, 0.3) is 16.9 Å². The van der Waals surface area contributed by atoms with Crippen molar-refractivity contribution in [2.24, 2.45) is 0 Å². The summed E-state index contributed by atoms with van der Waals surface area (Å²) in [5, 5.41) is 10.2. The van der Waals surface area contributed by atoms with Crippen molar-refractivity contribution < 1.29 is 9.52 Å². The molecule has 0 saturated carbocycles. The molecule has 4 heteroatoms. The topological polar surface area (TPSA) is 50.4 Å². The van der Waals surface area contributed by atoms with Gasteiger partial charge < -0.3 is 9.52 Å². The predicted octanol–water partition coefficient (Wildman–Crippen LogP) is 3.73. The summed E-state index contributed by atoms with van der Waals surface area (Å²) >= 11 is 5.24. The summed E-state index contributed by atoms with van der Waals surface area (Å²) in [6.45, 7) is 0. The quantitative estimate of drug-likeness (QED) is 0.858. The molecular formula is C17H12O3S. The fraction of sp³-hybridized carbons (Fsp3) is 0.0588. The normalized spacial score (nSPS) is 14.1. The highest BCUT2D eigenvalue weighted by molar-refractivity contribution is 7.81. The first-order valence-electron chi connectivity index (χ1n) is 6.50. The maximum Gasteiger partial charge on any atom is 0.348 e. The maximum atomic E-state index is 12.2. The first-order valence-corrected chi connectivity index (χ1v) is 6.90. The first kappa shape index (κ1) is 13.5. The van der Waals surface area contributed by atoms with Crippen LogP contribution in [0.15, 0.2) is 63.8 Å². The second kappa shape index (κ2) is 5.50. The molecule has 104 valence electrons. The zero-order chi connectivity index (χ0) is 14.8. The van der Waals surface area contributed by atoms with Crippen molar-refractivity contribution in [3.63, 3.8) is 0 Å². The second-order valence-electron chi connectivity index (χ2n) is 4.66. The van der Waals surface area contributed by atoms with Crippen LogP contribution in [-0.2, 0) is 0 Å². The van der Waals surface area contributed by atoms with Crippen LogP contribution < -0.4 is 5.63 Å². The molecule has 0 amide bonds. The zero-order valence-electron chi connectivity index (χ0n) is 11.1. The molecule has 1 aromatic carbocycles. The Morgan fingerprint density at radius 3 is 2.62 bits per heavy atom. The number of hydrogen-bond donors (Lipinski definition) is 1. The van der Waals surface area contributed by atoms with E-state index in [0.29, 0.717) is 22.6 Å². The summed E-state index contributed by atoms with van der Waals surface area (Å²) in [4.78, 5) is 12.8. The van der Waals surface area contributed by atoms with E-state index in [0.717, 1.165) is 5.56 Å². The van der Waals surface area contributed by atoms with Gasteiger partial charge in [0.15, 0.2) is 0 Å². The highest BCUT2D eigenvalue weighted by atomic mass is 32.1. The van der Waals surface area contributed by atoms with Crippen LogP contribution >= 0.6 is 12.2 Å². The Morgan fingerprint density at radius 2 is 1.95 bits per heavy atom. The van der Waals surface area contributed by atoms with Crippen LogP contribution in [0.2, 0.25) is 0 Å². The van der Waals surface area contributed by atoms with Crippen LogP contribution in [0, 0.1) is 0 Å². The van der Waals surface area contributed by atoms with Gasteiger partial charge in [-0.2, -0.15) is 0 Å². The lowest BCUT2D eigenvalue weighted by Gasteiger charge is -2.11. The Morgan fingerprint density at radius 1 is 1.19 bits per heavy atom. The minimum absolute atomic E-state index is 0.117. The van der Waals surface area contributed by atoms with Crippen molar-refractivity contribution in [1.29, 1.82) is 0 Å². The van der Waals surface area contributed by atoms with Crippen molar-refractivity contribution in [3.05, 3.63) is 70.6 Å². The molecule has 2 aromatic rings. The number of hydrogen-bond acceptors (Lipinski definition) is 4. The fourth-order valence-corrected chi connectivity index (χ4v) is 2.51. The van der Waals surface area contributed by atoms with E-state index in [1.807, 2.05) is 42.5 Å². The third kappa shape index (κ3) is 2.58. The minimum atomic E-state index is -0.585. The van der Waals surface area contributed by atoms with E-state index >= 15 is 0 Å². The molecule has 0 saturated heterocycles. The largest absolute Gasteiger partial charge is 0.507 e. The van der Waals surface area contributed by atoms with Gasteiger partial charge in [-0.05, 0) is 0 Å². The first-order chi connectivity index (χ1) is 10.2. The monoisotopic (exact) mass is 296 g/mol. The third-order valence-electron chi connectivity index (χ3n) is 3.26. The highest BCUT2D eigenvalue weighted by Crippen LogP contribution is 2.30. The third-order valence-corrected chi connectivity index (χ3v) is 3.65.